The highest BCUT2D eigenvalue weighted by molar-refractivity contribution is 5.74. The first-order valence-electron chi connectivity index (χ1n) is 15.6. The molecule has 0 aliphatic carbocycles. The Kier molecular flexibility index (Phi) is 26.0. The molecule has 0 spiro atoms. The molecule has 0 aliphatic rings. The quantitative estimate of drug-likeness (QED) is 0.0354. The molecule has 0 atom stereocenters. The van der Waals surface area contributed by atoms with Crippen LogP contribution in [0, 0.1) is 5.41 Å². The maximum absolute atomic E-state index is 12.2. The Bertz CT molecular complexity index is 590. The van der Waals surface area contributed by atoms with E-state index in [0.717, 1.165) is 44.9 Å². The van der Waals surface area contributed by atoms with Crippen LogP contribution in [0.1, 0.15) is 142 Å². The van der Waals surface area contributed by atoms with Crippen molar-refractivity contribution >= 4 is 24.2 Å². The molecule has 0 saturated heterocycles. The largest absolute Gasteiger partial charge is 0.462 e. The molecule has 0 aromatic heterocycles. The number of rotatable bonds is 28. The molecule has 39 heavy (non-hydrogen) atoms. The summed E-state index contributed by atoms with van der Waals surface area (Å²) < 4.78 is 16.1. The van der Waals surface area contributed by atoms with Crippen molar-refractivity contribution in [2.75, 3.05) is 26.8 Å². The maximum Gasteiger partial charge on any atom is 0.326 e. The molecule has 0 heterocycles. The third kappa shape index (κ3) is 25.9. The van der Waals surface area contributed by atoms with Crippen molar-refractivity contribution in [2.24, 2.45) is 0 Å². The molecule has 0 fully saturated rings. The molecule has 0 rings (SSSR count). The number of ether oxygens (including phenoxy) is 3. The first kappa shape index (κ1) is 36.9. The molecule has 0 unspecified atom stereocenters. The van der Waals surface area contributed by atoms with Crippen LogP contribution >= 0.6 is 0 Å². The zero-order chi connectivity index (χ0) is 29.0. The van der Waals surface area contributed by atoms with Crippen LogP contribution in [0.25, 0.3) is 0 Å². The Hall–Kier alpha value is -2.12. The van der Waals surface area contributed by atoms with Crippen LogP contribution in [-0.4, -0.2) is 62.1 Å². The third-order valence-corrected chi connectivity index (χ3v) is 6.73. The van der Waals surface area contributed by atoms with Crippen LogP contribution in [0.15, 0.2) is 0 Å². The van der Waals surface area contributed by atoms with Gasteiger partial charge < -0.3 is 19.1 Å². The van der Waals surface area contributed by atoms with Gasteiger partial charge in [0.15, 0.2) is 6.10 Å². The summed E-state index contributed by atoms with van der Waals surface area (Å²) in [6, 6.07) is 0. The van der Waals surface area contributed by atoms with Crippen molar-refractivity contribution in [3.05, 3.63) is 0 Å². The van der Waals surface area contributed by atoms with Crippen molar-refractivity contribution in [1.82, 2.24) is 4.90 Å². The minimum Gasteiger partial charge on any atom is -0.462 e. The summed E-state index contributed by atoms with van der Waals surface area (Å²) in [6.45, 7) is 4.02. The summed E-state index contributed by atoms with van der Waals surface area (Å²) in [5.41, 5.74) is 0. The summed E-state index contributed by atoms with van der Waals surface area (Å²) in [5.74, 6) is -1.25. The lowest BCUT2D eigenvalue weighted by molar-refractivity contribution is -0.166. The average molecular weight is 555 g/mol. The van der Waals surface area contributed by atoms with Crippen LogP contribution in [0.5, 0.6) is 0 Å². The summed E-state index contributed by atoms with van der Waals surface area (Å²) in [5, 5.41) is 7.20. The zero-order valence-corrected chi connectivity index (χ0v) is 25.3. The first-order chi connectivity index (χ1) is 18.9. The van der Waals surface area contributed by atoms with Crippen LogP contribution in [0.2, 0.25) is 0 Å². The number of carbonyl (C=O) groups excluding carboxylic acids is 3. The Labute approximate surface area is 238 Å². The van der Waals surface area contributed by atoms with Crippen LogP contribution in [-0.2, 0) is 28.6 Å². The van der Waals surface area contributed by atoms with Gasteiger partial charge in [0, 0.05) is 19.9 Å². The van der Waals surface area contributed by atoms with Crippen LogP contribution in [0.4, 0.5) is 0 Å². The van der Waals surface area contributed by atoms with Crippen LogP contribution in [0.3, 0.4) is 0 Å². The average Bonchev–Trinajstić information content (AvgIpc) is 2.92. The van der Waals surface area contributed by atoms with Crippen molar-refractivity contribution in [1.29, 1.82) is 5.41 Å². The third-order valence-electron chi connectivity index (χ3n) is 6.73. The highest BCUT2D eigenvalue weighted by Gasteiger charge is 2.20. The van der Waals surface area contributed by atoms with Gasteiger partial charge in [0.25, 0.3) is 0 Å². The SMILES string of the molecule is CCCCCCCCCCCC(=O)OCC(COC(=O)CCCCCCCCCCC)OC(=O)CN(C)C=N. The van der Waals surface area contributed by atoms with Gasteiger partial charge in [-0.2, -0.15) is 0 Å². The molecule has 8 nitrogen and oxygen atoms in total. The normalized spacial score (nSPS) is 10.9. The van der Waals surface area contributed by atoms with E-state index in [1.54, 1.807) is 7.05 Å². The minimum absolute atomic E-state index is 0.112. The van der Waals surface area contributed by atoms with E-state index in [0.29, 0.717) is 12.8 Å². The predicted octanol–water partition coefficient (Wildman–Crippen LogP) is 7.37. The molecule has 228 valence electrons. The molecule has 0 aromatic carbocycles. The Morgan fingerprint density at radius 3 is 1.33 bits per heavy atom. The van der Waals surface area contributed by atoms with Crippen LogP contribution < -0.4 is 0 Å². The first-order valence-corrected chi connectivity index (χ1v) is 15.6. The Morgan fingerprint density at radius 2 is 0.974 bits per heavy atom. The smallest absolute Gasteiger partial charge is 0.326 e. The van der Waals surface area contributed by atoms with Gasteiger partial charge >= 0.3 is 17.9 Å². The molecule has 0 aromatic rings. The Morgan fingerprint density at radius 1 is 0.615 bits per heavy atom. The fourth-order valence-electron chi connectivity index (χ4n) is 4.26. The number of carbonyl (C=O) groups is 3. The number of unbranched alkanes of at least 4 members (excludes halogenated alkanes) is 16. The maximum atomic E-state index is 12.2. The highest BCUT2D eigenvalue weighted by atomic mass is 16.6. The van der Waals surface area contributed by atoms with E-state index < -0.39 is 12.1 Å². The lowest BCUT2D eigenvalue weighted by Crippen LogP contribution is -2.34. The van der Waals surface area contributed by atoms with Gasteiger partial charge in [-0.15, -0.1) is 0 Å². The fraction of sp³-hybridized carbons (Fsp3) is 0.871. The highest BCUT2D eigenvalue weighted by Crippen LogP contribution is 2.12. The van der Waals surface area contributed by atoms with E-state index in [-0.39, 0.29) is 31.7 Å². The van der Waals surface area contributed by atoms with E-state index in [1.165, 1.54) is 81.9 Å². The summed E-state index contributed by atoms with van der Waals surface area (Å²) in [7, 11) is 1.58. The standard InChI is InChI=1S/C31H58N2O6/c1-4-6-8-10-12-14-16-18-20-22-29(34)37-25-28(39-31(36)24-33(3)27-32)26-38-30(35)23-21-19-17-15-13-11-9-7-5-2/h27-28,32H,4-26H2,1-3H3. The van der Waals surface area contributed by atoms with Crippen molar-refractivity contribution < 1.29 is 28.6 Å². The summed E-state index contributed by atoms with van der Waals surface area (Å²) >= 11 is 0. The lowest BCUT2D eigenvalue weighted by Gasteiger charge is -2.19. The van der Waals surface area contributed by atoms with Gasteiger partial charge in [-0.1, -0.05) is 117 Å². The van der Waals surface area contributed by atoms with Crippen molar-refractivity contribution in [3.63, 3.8) is 0 Å². The number of esters is 3. The van der Waals surface area contributed by atoms with Crippen molar-refractivity contribution in [3.8, 4) is 0 Å². The molecule has 0 saturated carbocycles. The number of hydrogen-bond donors (Lipinski definition) is 1. The number of hydrogen-bond acceptors (Lipinski definition) is 7. The predicted molar refractivity (Wildman–Crippen MR) is 157 cm³/mol. The molecule has 0 amide bonds. The van der Waals surface area contributed by atoms with Gasteiger partial charge in [0.2, 0.25) is 0 Å². The van der Waals surface area contributed by atoms with E-state index in [1.807, 2.05) is 0 Å². The number of nitrogens with zero attached hydrogens (tertiary/aromatic N) is 1. The summed E-state index contributed by atoms with van der Waals surface area (Å²) in [4.78, 5) is 37.9. The Balaban J connectivity index is 4.24. The van der Waals surface area contributed by atoms with Gasteiger partial charge in [-0.3, -0.25) is 19.8 Å². The van der Waals surface area contributed by atoms with Gasteiger partial charge in [0.05, 0.1) is 6.34 Å². The molecular weight excluding hydrogens is 496 g/mol. The molecule has 8 heteroatoms. The number of likely N-dealkylation sites (N-methyl/N-ethyl adjacent to an activating group) is 1. The van der Waals surface area contributed by atoms with E-state index in [4.69, 9.17) is 19.6 Å². The number of nitrogens with one attached hydrogen (secondary N) is 1. The van der Waals surface area contributed by atoms with Gasteiger partial charge in [0.1, 0.15) is 19.8 Å². The second kappa shape index (κ2) is 27.4. The second-order valence-corrected chi connectivity index (χ2v) is 10.7. The topological polar surface area (TPSA) is 106 Å². The van der Waals surface area contributed by atoms with E-state index in [9.17, 15) is 14.4 Å². The van der Waals surface area contributed by atoms with Gasteiger partial charge in [-0.25, -0.2) is 0 Å². The monoisotopic (exact) mass is 554 g/mol. The second-order valence-electron chi connectivity index (χ2n) is 10.7. The molecule has 0 aliphatic heterocycles. The minimum atomic E-state index is -0.865. The molecule has 1 N–H and O–H groups in total. The molecule has 0 bridgehead atoms. The molecule has 0 radical (unpaired) electrons. The van der Waals surface area contributed by atoms with E-state index >= 15 is 0 Å². The van der Waals surface area contributed by atoms with E-state index in [2.05, 4.69) is 13.8 Å². The zero-order valence-electron chi connectivity index (χ0n) is 25.3. The molecular formula is C31H58N2O6. The van der Waals surface area contributed by atoms with Crippen molar-refractivity contribution in [2.45, 2.75) is 148 Å². The van der Waals surface area contributed by atoms with Gasteiger partial charge in [-0.05, 0) is 12.8 Å². The lowest BCUT2D eigenvalue weighted by atomic mass is 10.1. The summed E-state index contributed by atoms with van der Waals surface area (Å²) in [6.07, 6.45) is 21.8. The fourth-order valence-corrected chi connectivity index (χ4v) is 4.26.